The fraction of sp³-hybridized carbons (Fsp3) is 0.300. The minimum absolute atomic E-state index is 0.0630. The van der Waals surface area contributed by atoms with Crippen LogP contribution in [0.3, 0.4) is 0 Å². The summed E-state index contributed by atoms with van der Waals surface area (Å²) in [5.74, 6) is 0.746. The molecule has 1 amide bonds. The molecule has 1 aliphatic rings. The number of nitrogens with zero attached hydrogens (tertiary/aromatic N) is 5. The van der Waals surface area contributed by atoms with Crippen LogP contribution in [0.15, 0.2) is 59.1 Å². The van der Waals surface area contributed by atoms with Gasteiger partial charge < -0.3 is 9.80 Å². The van der Waals surface area contributed by atoms with Gasteiger partial charge in [-0.15, -0.1) is 11.3 Å². The highest BCUT2D eigenvalue weighted by Gasteiger charge is 2.22. The first-order valence-corrected chi connectivity index (χ1v) is 12.2. The molecule has 1 fully saturated rings. The molecule has 0 bridgehead atoms. The van der Waals surface area contributed by atoms with Crippen molar-refractivity contribution in [2.45, 2.75) is 17.7 Å². The van der Waals surface area contributed by atoms with Crippen LogP contribution in [0.25, 0.3) is 0 Å². The van der Waals surface area contributed by atoms with E-state index in [0.717, 1.165) is 0 Å². The third-order valence-corrected chi connectivity index (χ3v) is 7.18. The lowest BCUT2D eigenvalue weighted by molar-refractivity contribution is -0.131. The number of sulfonamides is 1. The maximum atomic E-state index is 12.6. The van der Waals surface area contributed by atoms with Crippen molar-refractivity contribution in [3.63, 3.8) is 0 Å². The number of benzene rings is 1. The smallest absolute Gasteiger partial charge is 0.263 e. The Bertz CT molecular complexity index is 1110. The molecule has 0 radical (unpaired) electrons. The van der Waals surface area contributed by atoms with Gasteiger partial charge in [-0.1, -0.05) is 18.2 Å². The number of rotatable bonds is 7. The summed E-state index contributed by atoms with van der Waals surface area (Å²) in [6.45, 7) is 2.63. The molecule has 9 nitrogen and oxygen atoms in total. The van der Waals surface area contributed by atoms with Crippen molar-refractivity contribution in [1.82, 2.24) is 19.9 Å². The molecule has 162 valence electrons. The van der Waals surface area contributed by atoms with Crippen molar-refractivity contribution in [1.29, 1.82) is 0 Å². The molecule has 4 rings (SSSR count). The molecule has 1 N–H and O–H groups in total. The van der Waals surface area contributed by atoms with Crippen molar-refractivity contribution >= 4 is 38.3 Å². The number of aryl methyl sites for hydroxylation is 1. The van der Waals surface area contributed by atoms with Gasteiger partial charge in [0.1, 0.15) is 0 Å². The predicted molar refractivity (Wildman–Crippen MR) is 119 cm³/mol. The molecule has 0 spiro atoms. The second-order valence-corrected chi connectivity index (χ2v) is 9.52. The van der Waals surface area contributed by atoms with Crippen molar-refractivity contribution in [2.24, 2.45) is 0 Å². The zero-order valence-electron chi connectivity index (χ0n) is 16.7. The number of hydrogen-bond acceptors (Lipinski definition) is 8. The summed E-state index contributed by atoms with van der Waals surface area (Å²) >= 11 is 1.21. The standard InChI is InChI=1S/C20H22N6O3S2/c27-18(25-11-13-26(14-12-25)19-21-9-4-10-22-19)8-7-16-15-30-20(23-16)24-31(28,29)17-5-2-1-3-6-17/h1-6,9-10,15H,7-8,11-14H2,(H,23,24). The molecular weight excluding hydrogens is 436 g/mol. The molecule has 1 saturated heterocycles. The summed E-state index contributed by atoms with van der Waals surface area (Å²) in [7, 11) is -3.67. The van der Waals surface area contributed by atoms with E-state index >= 15 is 0 Å². The van der Waals surface area contributed by atoms with Gasteiger partial charge in [-0.2, -0.15) is 0 Å². The zero-order chi connectivity index (χ0) is 21.7. The molecule has 0 unspecified atom stereocenters. The molecule has 0 aliphatic carbocycles. The van der Waals surface area contributed by atoms with Gasteiger partial charge >= 0.3 is 0 Å². The van der Waals surface area contributed by atoms with Crippen LogP contribution in [0.5, 0.6) is 0 Å². The number of hydrogen-bond donors (Lipinski definition) is 1. The average Bonchev–Trinajstić information content (AvgIpc) is 3.25. The van der Waals surface area contributed by atoms with Gasteiger partial charge in [0.05, 0.1) is 10.6 Å². The molecule has 11 heteroatoms. The largest absolute Gasteiger partial charge is 0.339 e. The highest BCUT2D eigenvalue weighted by molar-refractivity contribution is 7.93. The first kappa shape index (κ1) is 21.2. The van der Waals surface area contributed by atoms with Crippen molar-refractivity contribution < 1.29 is 13.2 Å². The first-order chi connectivity index (χ1) is 15.0. The van der Waals surface area contributed by atoms with Crippen LogP contribution in [0.1, 0.15) is 12.1 Å². The molecule has 0 saturated carbocycles. The number of nitrogens with one attached hydrogen (secondary N) is 1. The highest BCUT2D eigenvalue weighted by atomic mass is 32.2. The summed E-state index contributed by atoms with van der Waals surface area (Å²) in [4.78, 5) is 29.5. The van der Waals surface area contributed by atoms with E-state index in [1.54, 1.807) is 42.0 Å². The molecule has 3 aromatic rings. The van der Waals surface area contributed by atoms with E-state index in [4.69, 9.17) is 0 Å². The Kier molecular flexibility index (Phi) is 6.42. The summed E-state index contributed by atoms with van der Waals surface area (Å²) in [6, 6.07) is 9.92. The van der Waals surface area contributed by atoms with Crippen LogP contribution in [0.4, 0.5) is 11.1 Å². The second kappa shape index (κ2) is 9.40. The fourth-order valence-electron chi connectivity index (χ4n) is 3.25. The van der Waals surface area contributed by atoms with Crippen molar-refractivity contribution in [2.75, 3.05) is 35.8 Å². The molecule has 0 atom stereocenters. The second-order valence-electron chi connectivity index (χ2n) is 6.98. The number of carbonyl (C=O) groups excluding carboxylic acids is 1. The van der Waals surface area contributed by atoms with E-state index in [1.807, 2.05) is 4.90 Å². The Balaban J connectivity index is 1.27. The van der Waals surface area contributed by atoms with Gasteiger partial charge in [-0.05, 0) is 24.6 Å². The van der Waals surface area contributed by atoms with Gasteiger partial charge in [0.2, 0.25) is 11.9 Å². The third-order valence-electron chi connectivity index (χ3n) is 4.89. The van der Waals surface area contributed by atoms with Crippen molar-refractivity contribution in [3.8, 4) is 0 Å². The van der Waals surface area contributed by atoms with Gasteiger partial charge in [-0.25, -0.2) is 23.4 Å². The van der Waals surface area contributed by atoms with E-state index in [1.165, 1.54) is 23.5 Å². The Morgan fingerprint density at radius 1 is 1.03 bits per heavy atom. The van der Waals surface area contributed by atoms with E-state index in [-0.39, 0.29) is 10.8 Å². The van der Waals surface area contributed by atoms with Gasteiger partial charge in [-0.3, -0.25) is 9.52 Å². The minimum Gasteiger partial charge on any atom is -0.339 e. The van der Waals surface area contributed by atoms with Gasteiger partial charge in [0.15, 0.2) is 5.13 Å². The summed E-state index contributed by atoms with van der Waals surface area (Å²) in [5, 5.41) is 2.07. The van der Waals surface area contributed by atoms with E-state index in [2.05, 4.69) is 24.6 Å². The summed E-state index contributed by atoms with van der Waals surface area (Å²) in [6.07, 6.45) is 4.21. The van der Waals surface area contributed by atoms with Gasteiger partial charge in [0, 0.05) is 50.4 Å². The lowest BCUT2D eigenvalue weighted by Crippen LogP contribution is -2.49. The predicted octanol–water partition coefficient (Wildman–Crippen LogP) is 2.02. The first-order valence-electron chi connectivity index (χ1n) is 9.83. The average molecular weight is 459 g/mol. The van der Waals surface area contributed by atoms with E-state index in [9.17, 15) is 13.2 Å². The normalized spacial score (nSPS) is 14.5. The SMILES string of the molecule is O=C(CCc1csc(NS(=O)(=O)c2ccccc2)n1)N1CCN(c2ncccn2)CC1. The van der Waals surface area contributed by atoms with Crippen LogP contribution in [0, 0.1) is 0 Å². The number of amides is 1. The van der Waals surface area contributed by atoms with Crippen LogP contribution in [0.2, 0.25) is 0 Å². The monoisotopic (exact) mass is 458 g/mol. The Hall–Kier alpha value is -3.05. The zero-order valence-corrected chi connectivity index (χ0v) is 18.3. The quantitative estimate of drug-likeness (QED) is 0.577. The summed E-state index contributed by atoms with van der Waals surface area (Å²) in [5.41, 5.74) is 0.695. The number of thiazole rings is 1. The topological polar surface area (TPSA) is 108 Å². The number of piperazine rings is 1. The minimum atomic E-state index is -3.67. The Morgan fingerprint density at radius 2 is 1.74 bits per heavy atom. The highest BCUT2D eigenvalue weighted by Crippen LogP contribution is 2.21. The van der Waals surface area contributed by atoms with Gasteiger partial charge in [0.25, 0.3) is 10.0 Å². The van der Waals surface area contributed by atoms with Crippen LogP contribution in [-0.2, 0) is 21.2 Å². The maximum Gasteiger partial charge on any atom is 0.263 e. The molecular formula is C20H22N6O3S2. The Morgan fingerprint density at radius 3 is 2.45 bits per heavy atom. The fourth-order valence-corrected chi connectivity index (χ4v) is 5.26. The number of anilines is 2. The number of aromatic nitrogens is 3. The van der Waals surface area contributed by atoms with Crippen LogP contribution >= 0.6 is 11.3 Å². The number of carbonyl (C=O) groups is 1. The van der Waals surface area contributed by atoms with Crippen molar-refractivity contribution in [3.05, 3.63) is 59.9 Å². The molecule has 3 heterocycles. The molecule has 31 heavy (non-hydrogen) atoms. The van der Waals surface area contributed by atoms with Crippen LogP contribution < -0.4 is 9.62 Å². The molecule has 2 aromatic heterocycles. The third kappa shape index (κ3) is 5.36. The summed E-state index contributed by atoms with van der Waals surface area (Å²) < 4.78 is 27.3. The van der Waals surface area contributed by atoms with E-state index in [0.29, 0.717) is 55.8 Å². The molecule has 1 aromatic carbocycles. The Labute approximate surface area is 184 Å². The van der Waals surface area contributed by atoms with E-state index < -0.39 is 10.0 Å². The molecule has 1 aliphatic heterocycles. The van der Waals surface area contributed by atoms with Crippen LogP contribution in [-0.4, -0.2) is 60.4 Å². The maximum absolute atomic E-state index is 12.6. The lowest BCUT2D eigenvalue weighted by atomic mass is 10.2. The lowest BCUT2D eigenvalue weighted by Gasteiger charge is -2.34.